The second kappa shape index (κ2) is 2.81. The molecular formula is C10H9NO+. The normalized spacial score (nSPS) is 12.8. The van der Waals surface area contributed by atoms with Crippen LogP contribution in [-0.2, 0) is 0 Å². The molecule has 1 radical (unpaired) electrons. The summed E-state index contributed by atoms with van der Waals surface area (Å²) in [6, 6.07) is 5.89. The molecule has 0 unspecified atom stereocenters. The molecule has 2 rings (SSSR count). The van der Waals surface area contributed by atoms with E-state index in [9.17, 15) is 0 Å². The highest BCUT2D eigenvalue weighted by atomic mass is 16.5. The van der Waals surface area contributed by atoms with Gasteiger partial charge in [0.2, 0.25) is 6.21 Å². The molecule has 0 saturated heterocycles. The summed E-state index contributed by atoms with van der Waals surface area (Å²) in [5.74, 6) is 0.827. The average Bonchev–Trinajstić information content (AvgIpc) is 2.17. The molecule has 0 atom stereocenters. The highest BCUT2D eigenvalue weighted by Gasteiger charge is 2.17. The molecule has 2 nitrogen and oxygen atoms in total. The highest BCUT2D eigenvalue weighted by molar-refractivity contribution is 5.87. The molecule has 0 spiro atoms. The third-order valence-electron chi connectivity index (χ3n) is 1.82. The fourth-order valence-electron chi connectivity index (χ4n) is 1.24. The molecule has 1 heterocycles. The fraction of sp³-hybridized carbons (Fsp3) is 0.100. The number of para-hydroxylation sites is 1. The van der Waals surface area contributed by atoms with Crippen LogP contribution >= 0.6 is 0 Å². The van der Waals surface area contributed by atoms with Crippen LogP contribution in [0.4, 0.5) is 5.69 Å². The molecule has 0 bridgehead atoms. The van der Waals surface area contributed by atoms with Crippen molar-refractivity contribution in [2.75, 3.05) is 7.11 Å². The van der Waals surface area contributed by atoms with E-state index in [2.05, 4.69) is 4.99 Å². The van der Waals surface area contributed by atoms with Crippen molar-refractivity contribution in [1.29, 1.82) is 0 Å². The SMILES string of the molecule is COc1cccc2c1[N+]=CC=C2. The monoisotopic (exact) mass is 159 g/mol. The molecule has 12 heavy (non-hydrogen) atoms. The molecule has 0 saturated carbocycles. The van der Waals surface area contributed by atoms with Crippen LogP contribution in [0, 0.1) is 0 Å². The van der Waals surface area contributed by atoms with Gasteiger partial charge in [0.25, 0.3) is 0 Å². The zero-order chi connectivity index (χ0) is 8.39. The smallest absolute Gasteiger partial charge is 0.325 e. The lowest BCUT2D eigenvalue weighted by molar-refractivity contribution is 0.415. The van der Waals surface area contributed by atoms with E-state index in [1.54, 1.807) is 13.3 Å². The van der Waals surface area contributed by atoms with Crippen LogP contribution in [0.1, 0.15) is 5.56 Å². The molecule has 1 aliphatic heterocycles. The number of fused-ring (bicyclic) bond motifs is 1. The Morgan fingerprint density at radius 2 is 2.25 bits per heavy atom. The van der Waals surface area contributed by atoms with Gasteiger partial charge in [-0.3, -0.25) is 0 Å². The van der Waals surface area contributed by atoms with Crippen molar-refractivity contribution in [1.82, 2.24) is 4.99 Å². The molecule has 1 aromatic rings. The van der Waals surface area contributed by atoms with Gasteiger partial charge in [0.1, 0.15) is 0 Å². The number of allylic oxidation sites excluding steroid dienone is 1. The van der Waals surface area contributed by atoms with Crippen LogP contribution in [0.5, 0.6) is 5.75 Å². The van der Waals surface area contributed by atoms with Crippen molar-refractivity contribution in [3.8, 4) is 5.75 Å². The average molecular weight is 159 g/mol. The first-order chi connectivity index (χ1) is 5.92. The summed E-state index contributed by atoms with van der Waals surface area (Å²) in [5.41, 5.74) is 2.03. The molecular weight excluding hydrogens is 150 g/mol. The summed E-state index contributed by atoms with van der Waals surface area (Å²) in [6.45, 7) is 0. The second-order valence-corrected chi connectivity index (χ2v) is 2.54. The van der Waals surface area contributed by atoms with E-state index >= 15 is 0 Å². The van der Waals surface area contributed by atoms with Gasteiger partial charge < -0.3 is 4.74 Å². The minimum absolute atomic E-state index is 0.827. The van der Waals surface area contributed by atoms with Gasteiger partial charge >= 0.3 is 5.69 Å². The summed E-state index contributed by atoms with van der Waals surface area (Å²) in [5, 5.41) is 0. The van der Waals surface area contributed by atoms with Gasteiger partial charge in [-0.2, -0.15) is 0 Å². The van der Waals surface area contributed by atoms with E-state index in [-0.39, 0.29) is 0 Å². The van der Waals surface area contributed by atoms with E-state index in [4.69, 9.17) is 4.74 Å². The Balaban J connectivity index is 2.62. The van der Waals surface area contributed by atoms with Crippen LogP contribution in [0.2, 0.25) is 0 Å². The maximum atomic E-state index is 5.16. The summed E-state index contributed by atoms with van der Waals surface area (Å²) in [6.07, 6.45) is 5.71. The van der Waals surface area contributed by atoms with Gasteiger partial charge in [-0.1, -0.05) is 6.07 Å². The number of rotatable bonds is 1. The highest BCUT2D eigenvalue weighted by Crippen LogP contribution is 2.28. The molecule has 0 N–H and O–H groups in total. The number of hydrogen-bond donors (Lipinski definition) is 0. The number of ether oxygens (including phenoxy) is 1. The van der Waals surface area contributed by atoms with Crippen molar-refractivity contribution in [3.63, 3.8) is 0 Å². The van der Waals surface area contributed by atoms with Crippen molar-refractivity contribution < 1.29 is 4.74 Å². The van der Waals surface area contributed by atoms with Crippen molar-refractivity contribution >= 4 is 18.0 Å². The summed E-state index contributed by atoms with van der Waals surface area (Å²) < 4.78 is 5.16. The third kappa shape index (κ3) is 1.01. The van der Waals surface area contributed by atoms with Crippen LogP contribution in [-0.4, -0.2) is 13.3 Å². The molecule has 2 heteroatoms. The van der Waals surface area contributed by atoms with E-state index in [1.165, 1.54) is 0 Å². The van der Waals surface area contributed by atoms with Gasteiger partial charge in [0.05, 0.1) is 17.7 Å². The van der Waals surface area contributed by atoms with Crippen molar-refractivity contribution in [2.24, 2.45) is 0 Å². The minimum Gasteiger partial charge on any atom is -0.490 e. The minimum atomic E-state index is 0.827. The summed E-state index contributed by atoms with van der Waals surface area (Å²) in [4.78, 5) is 4.23. The fourth-order valence-corrected chi connectivity index (χ4v) is 1.24. The lowest BCUT2D eigenvalue weighted by Gasteiger charge is -2.00. The summed E-state index contributed by atoms with van der Waals surface area (Å²) in [7, 11) is 1.66. The van der Waals surface area contributed by atoms with Crippen LogP contribution in [0.3, 0.4) is 0 Å². The number of aliphatic imine (C=N–C) groups is 1. The summed E-state index contributed by atoms with van der Waals surface area (Å²) >= 11 is 0. The second-order valence-electron chi connectivity index (χ2n) is 2.54. The van der Waals surface area contributed by atoms with Gasteiger partial charge in [-0.05, 0) is 18.2 Å². The van der Waals surface area contributed by atoms with E-state index in [0.29, 0.717) is 0 Å². The standard InChI is InChI=1S/C10H9NO/c1-12-9-6-2-4-8-5-3-7-11-10(8)9/h2-7H,1H3/q+1. The first-order valence-electron chi connectivity index (χ1n) is 3.79. The van der Waals surface area contributed by atoms with E-state index in [1.807, 2.05) is 30.4 Å². The predicted octanol–water partition coefficient (Wildman–Crippen LogP) is 1.76. The maximum Gasteiger partial charge on any atom is 0.325 e. The topological polar surface area (TPSA) is 23.3 Å². The first-order valence-corrected chi connectivity index (χ1v) is 3.79. The third-order valence-corrected chi connectivity index (χ3v) is 1.82. The Hall–Kier alpha value is -1.57. The number of benzene rings is 1. The molecule has 1 aromatic carbocycles. The number of hydrogen-bond acceptors (Lipinski definition) is 2. The Morgan fingerprint density at radius 3 is 3.08 bits per heavy atom. The lowest BCUT2D eigenvalue weighted by atomic mass is 10.1. The van der Waals surface area contributed by atoms with Gasteiger partial charge in [0, 0.05) is 6.08 Å². The molecule has 0 amide bonds. The van der Waals surface area contributed by atoms with Crippen molar-refractivity contribution in [3.05, 3.63) is 29.8 Å². The quantitative estimate of drug-likeness (QED) is 0.612. The molecule has 0 fully saturated rings. The number of nitrogens with zero attached hydrogens (tertiary/aromatic N) is 1. The zero-order valence-corrected chi connectivity index (χ0v) is 6.82. The molecule has 0 aromatic heterocycles. The van der Waals surface area contributed by atoms with Crippen LogP contribution in [0.15, 0.2) is 24.3 Å². The van der Waals surface area contributed by atoms with E-state index in [0.717, 1.165) is 17.0 Å². The number of methoxy groups -OCH3 is 1. The van der Waals surface area contributed by atoms with E-state index < -0.39 is 0 Å². The molecule has 59 valence electrons. The maximum absolute atomic E-state index is 5.16. The Kier molecular flexibility index (Phi) is 1.67. The Bertz CT molecular complexity index is 353. The van der Waals surface area contributed by atoms with Gasteiger partial charge in [-0.15, -0.1) is 0 Å². The lowest BCUT2D eigenvalue weighted by Crippen LogP contribution is -1.95. The largest absolute Gasteiger partial charge is 0.490 e. The van der Waals surface area contributed by atoms with Crippen LogP contribution in [0.25, 0.3) is 6.08 Å². The van der Waals surface area contributed by atoms with Crippen LogP contribution < -0.4 is 9.73 Å². The predicted molar refractivity (Wildman–Crippen MR) is 49.9 cm³/mol. The molecule has 0 aliphatic carbocycles. The van der Waals surface area contributed by atoms with Crippen molar-refractivity contribution in [2.45, 2.75) is 0 Å². The zero-order valence-electron chi connectivity index (χ0n) is 6.82. The Labute approximate surface area is 71.2 Å². The molecule has 1 aliphatic rings. The van der Waals surface area contributed by atoms with Gasteiger partial charge in [0.15, 0.2) is 5.75 Å². The Morgan fingerprint density at radius 1 is 1.33 bits per heavy atom. The first kappa shape index (κ1) is 7.10. The van der Waals surface area contributed by atoms with Gasteiger partial charge in [-0.25, -0.2) is 0 Å².